The summed E-state index contributed by atoms with van der Waals surface area (Å²) in [7, 11) is 0. The molecule has 2 unspecified atom stereocenters. The van der Waals surface area contributed by atoms with Gasteiger partial charge in [0.15, 0.2) is 0 Å². The fraction of sp³-hybridized carbons (Fsp3) is 0.800. The van der Waals surface area contributed by atoms with Crippen molar-refractivity contribution in [2.45, 2.75) is 32.7 Å². The van der Waals surface area contributed by atoms with Crippen LogP contribution < -0.4 is 5.32 Å². The molecule has 0 spiro atoms. The number of amides is 2. The molecule has 0 radical (unpaired) electrons. The number of hydrogen-bond donors (Lipinski definition) is 2. The minimum Gasteiger partial charge on any atom is -0.465 e. The van der Waals surface area contributed by atoms with Crippen molar-refractivity contribution in [3.8, 4) is 0 Å². The van der Waals surface area contributed by atoms with E-state index in [1.54, 1.807) is 4.90 Å². The molecular formula is C10H18N2O3. The van der Waals surface area contributed by atoms with Crippen molar-refractivity contribution < 1.29 is 14.7 Å². The minimum atomic E-state index is -1.15. The largest absolute Gasteiger partial charge is 0.465 e. The van der Waals surface area contributed by atoms with Crippen LogP contribution in [0.3, 0.4) is 0 Å². The fourth-order valence-corrected chi connectivity index (χ4v) is 2.15. The van der Waals surface area contributed by atoms with Crippen LogP contribution in [0.4, 0.5) is 4.79 Å². The van der Waals surface area contributed by atoms with E-state index < -0.39 is 6.09 Å². The molecule has 2 atom stereocenters. The fourth-order valence-electron chi connectivity index (χ4n) is 2.15. The molecule has 15 heavy (non-hydrogen) atoms. The summed E-state index contributed by atoms with van der Waals surface area (Å²) in [4.78, 5) is 23.6. The van der Waals surface area contributed by atoms with Crippen molar-refractivity contribution in [1.29, 1.82) is 0 Å². The smallest absolute Gasteiger partial charge is 0.405 e. The van der Waals surface area contributed by atoms with Crippen LogP contribution in [0.25, 0.3) is 0 Å². The quantitative estimate of drug-likeness (QED) is 0.733. The lowest BCUT2D eigenvalue weighted by Crippen LogP contribution is -2.42. The highest BCUT2D eigenvalue weighted by Crippen LogP contribution is 2.26. The summed E-state index contributed by atoms with van der Waals surface area (Å²) in [5.41, 5.74) is 0. The average molecular weight is 214 g/mol. The number of likely N-dealkylation sites (tertiary alicyclic amines) is 1. The Hall–Kier alpha value is -1.26. The SMILES string of the molecule is CCC1CCN(C(=O)CNC(=O)O)C1C. The second-order valence-electron chi connectivity index (χ2n) is 3.94. The van der Waals surface area contributed by atoms with Crippen molar-refractivity contribution in [2.75, 3.05) is 13.1 Å². The number of nitrogens with one attached hydrogen (secondary N) is 1. The highest BCUT2D eigenvalue weighted by Gasteiger charge is 2.32. The van der Waals surface area contributed by atoms with E-state index in [1.807, 2.05) is 6.92 Å². The van der Waals surface area contributed by atoms with Gasteiger partial charge in [-0.15, -0.1) is 0 Å². The Morgan fingerprint density at radius 3 is 2.67 bits per heavy atom. The van der Waals surface area contributed by atoms with E-state index in [0.29, 0.717) is 5.92 Å². The van der Waals surface area contributed by atoms with Crippen LogP contribution in [0.2, 0.25) is 0 Å². The van der Waals surface area contributed by atoms with Crippen LogP contribution in [-0.4, -0.2) is 41.1 Å². The van der Waals surface area contributed by atoms with Gasteiger partial charge in [0.25, 0.3) is 0 Å². The van der Waals surface area contributed by atoms with Crippen molar-refractivity contribution >= 4 is 12.0 Å². The number of rotatable bonds is 3. The lowest BCUT2D eigenvalue weighted by atomic mass is 9.99. The summed E-state index contributed by atoms with van der Waals surface area (Å²) < 4.78 is 0. The standard InChI is InChI=1S/C10H18N2O3/c1-3-8-4-5-12(7(8)2)9(13)6-11-10(14)15/h7-8,11H,3-6H2,1-2H3,(H,14,15). The monoisotopic (exact) mass is 214 g/mol. The molecule has 0 bridgehead atoms. The van der Waals surface area contributed by atoms with Gasteiger partial charge in [-0.1, -0.05) is 13.3 Å². The van der Waals surface area contributed by atoms with Gasteiger partial charge in [0.2, 0.25) is 5.91 Å². The van der Waals surface area contributed by atoms with Gasteiger partial charge in [0.05, 0.1) is 0 Å². The Labute approximate surface area is 89.4 Å². The normalized spacial score (nSPS) is 25.3. The maximum absolute atomic E-state index is 11.6. The second kappa shape index (κ2) is 5.00. The molecule has 1 fully saturated rings. The van der Waals surface area contributed by atoms with Gasteiger partial charge in [-0.2, -0.15) is 0 Å². The average Bonchev–Trinajstić information content (AvgIpc) is 2.56. The van der Waals surface area contributed by atoms with Crippen molar-refractivity contribution in [3.63, 3.8) is 0 Å². The maximum Gasteiger partial charge on any atom is 0.405 e. The van der Waals surface area contributed by atoms with Crippen LogP contribution >= 0.6 is 0 Å². The first kappa shape index (κ1) is 11.8. The molecule has 0 aromatic heterocycles. The van der Waals surface area contributed by atoms with Crippen molar-refractivity contribution in [1.82, 2.24) is 10.2 Å². The summed E-state index contributed by atoms with van der Waals surface area (Å²) in [6.45, 7) is 4.78. The molecule has 1 saturated heterocycles. The van der Waals surface area contributed by atoms with Crippen molar-refractivity contribution in [3.05, 3.63) is 0 Å². The zero-order valence-electron chi connectivity index (χ0n) is 9.19. The molecule has 86 valence electrons. The molecule has 0 aromatic rings. The van der Waals surface area contributed by atoms with E-state index in [2.05, 4.69) is 12.2 Å². The third-order valence-corrected chi connectivity index (χ3v) is 3.15. The second-order valence-corrected chi connectivity index (χ2v) is 3.94. The van der Waals surface area contributed by atoms with E-state index in [9.17, 15) is 9.59 Å². The first-order valence-corrected chi connectivity index (χ1v) is 5.32. The van der Waals surface area contributed by atoms with Crippen LogP contribution in [0, 0.1) is 5.92 Å². The van der Waals surface area contributed by atoms with Crippen molar-refractivity contribution in [2.24, 2.45) is 5.92 Å². The van der Waals surface area contributed by atoms with Gasteiger partial charge in [0.1, 0.15) is 6.54 Å². The molecule has 2 N–H and O–H groups in total. The van der Waals surface area contributed by atoms with Gasteiger partial charge >= 0.3 is 6.09 Å². The molecule has 1 aliphatic heterocycles. The predicted octanol–water partition coefficient (Wildman–Crippen LogP) is 0.901. The topological polar surface area (TPSA) is 69.6 Å². The molecule has 1 aliphatic rings. The molecule has 1 rings (SSSR count). The number of carbonyl (C=O) groups excluding carboxylic acids is 1. The Bertz CT molecular complexity index is 255. The zero-order valence-corrected chi connectivity index (χ0v) is 9.19. The molecule has 0 aliphatic carbocycles. The summed E-state index contributed by atoms with van der Waals surface area (Å²) in [5, 5.41) is 10.5. The van der Waals surface area contributed by atoms with E-state index in [0.717, 1.165) is 19.4 Å². The van der Waals surface area contributed by atoms with Gasteiger partial charge < -0.3 is 15.3 Å². The maximum atomic E-state index is 11.6. The number of nitrogens with zero attached hydrogens (tertiary/aromatic N) is 1. The molecular weight excluding hydrogens is 196 g/mol. The predicted molar refractivity (Wildman–Crippen MR) is 55.6 cm³/mol. The Kier molecular flexibility index (Phi) is 3.94. The van der Waals surface area contributed by atoms with E-state index in [-0.39, 0.29) is 18.5 Å². The number of carboxylic acid groups (broad SMARTS) is 1. The number of carbonyl (C=O) groups is 2. The minimum absolute atomic E-state index is 0.115. The molecule has 2 amide bonds. The summed E-state index contributed by atoms with van der Waals surface area (Å²) in [6, 6.07) is 0.234. The summed E-state index contributed by atoms with van der Waals surface area (Å²) in [5.74, 6) is 0.430. The van der Waals surface area contributed by atoms with E-state index in [1.165, 1.54) is 0 Å². The third-order valence-electron chi connectivity index (χ3n) is 3.15. The molecule has 0 aromatic carbocycles. The lowest BCUT2D eigenvalue weighted by Gasteiger charge is -2.24. The van der Waals surface area contributed by atoms with Crippen LogP contribution in [-0.2, 0) is 4.79 Å². The Morgan fingerprint density at radius 1 is 1.53 bits per heavy atom. The van der Waals surface area contributed by atoms with Crippen LogP contribution in [0.1, 0.15) is 26.7 Å². The summed E-state index contributed by atoms with van der Waals surface area (Å²) >= 11 is 0. The number of hydrogen-bond acceptors (Lipinski definition) is 2. The Balaban J connectivity index is 2.44. The van der Waals surface area contributed by atoms with Gasteiger partial charge in [-0.3, -0.25) is 4.79 Å². The van der Waals surface area contributed by atoms with Gasteiger partial charge in [0, 0.05) is 12.6 Å². The molecule has 0 saturated carbocycles. The zero-order chi connectivity index (χ0) is 11.4. The van der Waals surface area contributed by atoms with Gasteiger partial charge in [-0.25, -0.2) is 4.79 Å². The van der Waals surface area contributed by atoms with Crippen LogP contribution in [0.5, 0.6) is 0 Å². The first-order valence-electron chi connectivity index (χ1n) is 5.32. The molecule has 1 heterocycles. The molecule has 5 heteroatoms. The lowest BCUT2D eigenvalue weighted by molar-refractivity contribution is -0.131. The first-order chi connectivity index (χ1) is 7.06. The molecule has 5 nitrogen and oxygen atoms in total. The van der Waals surface area contributed by atoms with E-state index in [4.69, 9.17) is 5.11 Å². The van der Waals surface area contributed by atoms with E-state index >= 15 is 0 Å². The van der Waals surface area contributed by atoms with Gasteiger partial charge in [-0.05, 0) is 19.3 Å². The Morgan fingerprint density at radius 2 is 2.20 bits per heavy atom. The highest BCUT2D eigenvalue weighted by atomic mass is 16.4. The highest BCUT2D eigenvalue weighted by molar-refractivity contribution is 5.82. The van der Waals surface area contributed by atoms with Crippen LogP contribution in [0.15, 0.2) is 0 Å². The summed E-state index contributed by atoms with van der Waals surface area (Å²) in [6.07, 6.45) is 0.940. The third kappa shape index (κ3) is 2.84.